The Morgan fingerprint density at radius 3 is 2.45 bits per heavy atom. The van der Waals surface area contributed by atoms with Gasteiger partial charge in [-0.1, -0.05) is 74.4 Å². The van der Waals surface area contributed by atoms with Crippen LogP contribution in [0.1, 0.15) is 44.6 Å². The second-order valence-corrected chi connectivity index (χ2v) is 12.3. The fraction of sp³-hybridized carbons (Fsp3) is 0.567. The number of hydrogen-bond donors (Lipinski definition) is 1. The molecule has 3 amide bonds. The number of nitrogens with zero attached hydrogens (tertiary/aromatic N) is 3. The van der Waals surface area contributed by atoms with E-state index in [-0.39, 0.29) is 29.6 Å². The van der Waals surface area contributed by atoms with Crippen molar-refractivity contribution in [3.8, 4) is 0 Å². The van der Waals surface area contributed by atoms with Crippen molar-refractivity contribution in [2.75, 3.05) is 32.8 Å². The summed E-state index contributed by atoms with van der Waals surface area (Å²) in [5.74, 6) is -1.20. The van der Waals surface area contributed by atoms with Gasteiger partial charge < -0.3 is 19.8 Å². The van der Waals surface area contributed by atoms with Crippen molar-refractivity contribution in [3.05, 3.63) is 60.2 Å². The molecular weight excluding hydrogens is 498 g/mol. The van der Waals surface area contributed by atoms with Gasteiger partial charge in [-0.2, -0.15) is 0 Å². The second-order valence-electron chi connectivity index (χ2n) is 10.8. The van der Waals surface area contributed by atoms with Crippen molar-refractivity contribution in [1.29, 1.82) is 0 Å². The largest absolute Gasteiger partial charge is 0.396 e. The lowest BCUT2D eigenvalue weighted by molar-refractivity contribution is -0.144. The Hall–Kier alpha value is -2.58. The molecule has 2 fully saturated rings. The third kappa shape index (κ3) is 4.81. The molecule has 7 nitrogen and oxygen atoms in total. The zero-order valence-corrected chi connectivity index (χ0v) is 23.0. The molecule has 0 aliphatic carbocycles. The average Bonchev–Trinajstić information content (AvgIpc) is 3.24. The van der Waals surface area contributed by atoms with Crippen LogP contribution in [0.2, 0.25) is 0 Å². The number of aliphatic hydroxyl groups excluding tert-OH is 1. The van der Waals surface area contributed by atoms with Crippen molar-refractivity contribution < 1.29 is 19.5 Å². The van der Waals surface area contributed by atoms with Crippen LogP contribution >= 0.6 is 11.8 Å². The molecular formula is C30H39N3O4S. The molecule has 0 bridgehead atoms. The molecule has 1 aromatic carbocycles. The summed E-state index contributed by atoms with van der Waals surface area (Å²) in [6, 6.07) is 9.32. The van der Waals surface area contributed by atoms with Gasteiger partial charge in [-0.3, -0.25) is 14.4 Å². The molecule has 4 aliphatic rings. The summed E-state index contributed by atoms with van der Waals surface area (Å²) in [6.45, 7) is 4.83. The van der Waals surface area contributed by atoms with Crippen LogP contribution < -0.4 is 0 Å². The topological polar surface area (TPSA) is 81.2 Å². The van der Waals surface area contributed by atoms with Gasteiger partial charge in [0, 0.05) is 44.6 Å². The molecule has 4 heterocycles. The molecule has 1 unspecified atom stereocenters. The van der Waals surface area contributed by atoms with Crippen molar-refractivity contribution in [2.45, 2.75) is 61.6 Å². The monoisotopic (exact) mass is 537 g/mol. The van der Waals surface area contributed by atoms with Gasteiger partial charge >= 0.3 is 0 Å². The molecule has 5 atom stereocenters. The van der Waals surface area contributed by atoms with Crippen molar-refractivity contribution in [1.82, 2.24) is 14.7 Å². The Kier molecular flexibility index (Phi) is 8.29. The number of likely N-dealkylation sites (tertiary alicyclic amines) is 1. The van der Waals surface area contributed by atoms with E-state index in [4.69, 9.17) is 0 Å². The molecule has 1 spiro atoms. The quantitative estimate of drug-likeness (QED) is 0.366. The van der Waals surface area contributed by atoms with Crippen molar-refractivity contribution in [3.63, 3.8) is 0 Å². The fourth-order valence-corrected chi connectivity index (χ4v) is 8.58. The van der Waals surface area contributed by atoms with Crippen molar-refractivity contribution >= 4 is 29.5 Å². The van der Waals surface area contributed by atoms with Crippen LogP contribution in [-0.2, 0) is 20.9 Å². The predicted molar refractivity (Wildman–Crippen MR) is 149 cm³/mol. The fourth-order valence-electron chi connectivity index (χ4n) is 6.57. The number of unbranched alkanes of at least 4 members (excludes halogenated alkanes) is 3. The zero-order chi connectivity index (χ0) is 26.7. The van der Waals surface area contributed by atoms with Crippen LogP contribution in [-0.4, -0.2) is 86.4 Å². The summed E-state index contributed by atoms with van der Waals surface area (Å²) in [7, 11) is 0. The summed E-state index contributed by atoms with van der Waals surface area (Å²) in [6.07, 6.45) is 12.5. The lowest BCUT2D eigenvalue weighted by Crippen LogP contribution is -2.53. The third-order valence-corrected chi connectivity index (χ3v) is 10.1. The van der Waals surface area contributed by atoms with Gasteiger partial charge in [-0.25, -0.2) is 0 Å². The Balaban J connectivity index is 1.49. The van der Waals surface area contributed by atoms with E-state index < -0.39 is 22.6 Å². The number of aliphatic hydroxyl groups is 1. The number of rotatable bonds is 10. The van der Waals surface area contributed by atoms with Gasteiger partial charge in [0.25, 0.3) is 0 Å². The second kappa shape index (κ2) is 11.7. The number of hydrogen-bond acceptors (Lipinski definition) is 5. The molecule has 4 aliphatic heterocycles. The Morgan fingerprint density at radius 2 is 1.68 bits per heavy atom. The van der Waals surface area contributed by atoms with Gasteiger partial charge in [0.05, 0.1) is 16.6 Å². The van der Waals surface area contributed by atoms with E-state index in [0.29, 0.717) is 45.6 Å². The summed E-state index contributed by atoms with van der Waals surface area (Å²) in [5, 5.41) is 9.23. The SMILES string of the molecule is CCCCCN1CC=C[C@]23S[C@H]4C=CCN(Cc5ccccc5)C(=O)[C@H]4[C@H]2C(=O)N(CCCCO)C3C1=O. The molecule has 0 aromatic heterocycles. The van der Waals surface area contributed by atoms with Gasteiger partial charge in [0.1, 0.15) is 6.04 Å². The smallest absolute Gasteiger partial charge is 0.247 e. The lowest BCUT2D eigenvalue weighted by atomic mass is 9.78. The third-order valence-electron chi connectivity index (χ3n) is 8.38. The number of benzene rings is 1. The van der Waals surface area contributed by atoms with Crippen LogP contribution in [0.3, 0.4) is 0 Å². The number of fused-ring (bicyclic) bond motifs is 2. The highest BCUT2D eigenvalue weighted by atomic mass is 32.2. The summed E-state index contributed by atoms with van der Waals surface area (Å²) < 4.78 is -0.766. The molecule has 5 rings (SSSR count). The first-order valence-corrected chi connectivity index (χ1v) is 14.9. The minimum atomic E-state index is -0.766. The maximum atomic E-state index is 14.2. The first-order chi connectivity index (χ1) is 18.5. The zero-order valence-electron chi connectivity index (χ0n) is 22.2. The minimum absolute atomic E-state index is 0.00696. The highest BCUT2D eigenvalue weighted by molar-refractivity contribution is 8.02. The van der Waals surface area contributed by atoms with Gasteiger partial charge in [0.15, 0.2) is 0 Å². The van der Waals surface area contributed by atoms with Gasteiger partial charge in [-0.05, 0) is 24.8 Å². The molecule has 0 radical (unpaired) electrons. The van der Waals surface area contributed by atoms with E-state index in [1.807, 2.05) is 46.2 Å². The molecule has 1 N–H and O–H groups in total. The number of amides is 3. The minimum Gasteiger partial charge on any atom is -0.396 e. The van der Waals surface area contributed by atoms with Crippen LogP contribution in [0.25, 0.3) is 0 Å². The van der Waals surface area contributed by atoms with E-state index in [1.54, 1.807) is 16.7 Å². The lowest BCUT2D eigenvalue weighted by Gasteiger charge is -2.35. The number of thioether (sulfide) groups is 1. The number of carbonyl (C=O) groups excluding carboxylic acids is 3. The van der Waals surface area contributed by atoms with E-state index in [9.17, 15) is 19.5 Å². The van der Waals surface area contributed by atoms with E-state index in [1.165, 1.54) is 0 Å². The van der Waals surface area contributed by atoms with Crippen LogP contribution in [0.4, 0.5) is 0 Å². The highest BCUT2D eigenvalue weighted by Crippen LogP contribution is 2.61. The van der Waals surface area contributed by atoms with Crippen LogP contribution in [0.15, 0.2) is 54.6 Å². The van der Waals surface area contributed by atoms with Gasteiger partial charge in [-0.15, -0.1) is 11.8 Å². The van der Waals surface area contributed by atoms with E-state index in [2.05, 4.69) is 25.2 Å². The van der Waals surface area contributed by atoms with Gasteiger partial charge in [0.2, 0.25) is 17.7 Å². The Bertz CT molecular complexity index is 1090. The summed E-state index contributed by atoms with van der Waals surface area (Å²) >= 11 is 1.64. The standard InChI is InChI=1S/C30H39N3O4S/c1-2-3-7-16-31-18-11-15-30-25(28(36)33(19-8-9-20-34)26(30)29(31)37)24-23(38-30)14-10-17-32(27(24)35)21-22-12-5-4-6-13-22/h4-6,10-15,23-26,34H,2-3,7-9,16-21H2,1H3/t23-,24+,25-,26?,30-/m0/s1. The average molecular weight is 538 g/mol. The summed E-state index contributed by atoms with van der Waals surface area (Å²) in [5.41, 5.74) is 1.06. The normalized spacial score (nSPS) is 30.4. The van der Waals surface area contributed by atoms with E-state index in [0.717, 1.165) is 24.8 Å². The Labute approximate surface area is 229 Å². The van der Waals surface area contributed by atoms with E-state index >= 15 is 0 Å². The number of carbonyl (C=O) groups is 3. The molecule has 2 saturated heterocycles. The maximum absolute atomic E-state index is 14.2. The Morgan fingerprint density at radius 1 is 0.921 bits per heavy atom. The molecule has 38 heavy (non-hydrogen) atoms. The first kappa shape index (κ1) is 27.0. The predicted octanol–water partition coefficient (Wildman–Crippen LogP) is 3.24. The highest BCUT2D eigenvalue weighted by Gasteiger charge is 2.70. The first-order valence-electron chi connectivity index (χ1n) is 14.1. The molecule has 204 valence electrons. The molecule has 0 saturated carbocycles. The summed E-state index contributed by atoms with van der Waals surface area (Å²) in [4.78, 5) is 47.9. The van der Waals surface area contributed by atoms with Crippen LogP contribution in [0, 0.1) is 11.8 Å². The molecule has 8 heteroatoms. The van der Waals surface area contributed by atoms with Crippen molar-refractivity contribution in [2.24, 2.45) is 11.8 Å². The maximum Gasteiger partial charge on any atom is 0.247 e. The van der Waals surface area contributed by atoms with Crippen LogP contribution in [0.5, 0.6) is 0 Å². The molecule has 1 aromatic rings.